The second-order valence-corrected chi connectivity index (χ2v) is 7.15. The van der Waals surface area contributed by atoms with Crippen molar-refractivity contribution in [3.63, 3.8) is 0 Å². The minimum absolute atomic E-state index is 0.0314. The summed E-state index contributed by atoms with van der Waals surface area (Å²) in [6, 6.07) is 6.09. The first-order valence-corrected chi connectivity index (χ1v) is 7.28. The molecule has 1 aliphatic rings. The fourth-order valence-electron chi connectivity index (χ4n) is 2.61. The Morgan fingerprint density at radius 3 is 2.35 bits per heavy atom. The summed E-state index contributed by atoms with van der Waals surface area (Å²) in [6.45, 7) is 11.3. The quantitative estimate of drug-likeness (QED) is 0.900. The van der Waals surface area contributed by atoms with Gasteiger partial charge < -0.3 is 10.0 Å². The molecule has 1 N–H and O–H groups in total. The van der Waals surface area contributed by atoms with E-state index in [0.717, 1.165) is 5.56 Å². The molecule has 1 amide bonds. The van der Waals surface area contributed by atoms with Gasteiger partial charge in [0.1, 0.15) is 0 Å². The third-order valence-corrected chi connectivity index (χ3v) is 3.89. The van der Waals surface area contributed by atoms with Crippen LogP contribution in [-0.2, 0) is 17.9 Å². The molecule has 0 aliphatic carbocycles. The first-order valence-electron chi connectivity index (χ1n) is 7.28. The number of carbonyl (C=O) groups excluding carboxylic acids is 1. The number of hydrogen-bond acceptors (Lipinski definition) is 2. The zero-order valence-corrected chi connectivity index (χ0v) is 13.1. The number of benzene rings is 1. The van der Waals surface area contributed by atoms with E-state index in [4.69, 9.17) is 0 Å². The van der Waals surface area contributed by atoms with Crippen molar-refractivity contribution in [2.45, 2.75) is 53.8 Å². The lowest BCUT2D eigenvalue weighted by Gasteiger charge is -2.26. The highest BCUT2D eigenvalue weighted by Crippen LogP contribution is 2.35. The molecule has 0 radical (unpaired) electrons. The second kappa shape index (κ2) is 5.21. The van der Waals surface area contributed by atoms with Gasteiger partial charge in [-0.05, 0) is 22.1 Å². The molecule has 110 valence electrons. The van der Waals surface area contributed by atoms with Gasteiger partial charge in [-0.15, -0.1) is 0 Å². The molecule has 3 nitrogen and oxygen atoms in total. The average Bonchev–Trinajstić information content (AvgIpc) is 2.78. The predicted octanol–water partition coefficient (Wildman–Crippen LogP) is 3.26. The van der Waals surface area contributed by atoms with E-state index < -0.39 is 6.10 Å². The van der Waals surface area contributed by atoms with E-state index in [9.17, 15) is 9.90 Å². The van der Waals surface area contributed by atoms with Gasteiger partial charge in [0.15, 0.2) is 0 Å². The highest BCUT2D eigenvalue weighted by atomic mass is 16.3. The van der Waals surface area contributed by atoms with Crippen LogP contribution >= 0.6 is 0 Å². The number of fused-ring (bicyclic) bond motifs is 1. The van der Waals surface area contributed by atoms with Gasteiger partial charge in [-0.1, -0.05) is 52.8 Å². The standard InChI is InChI=1S/C17H25NO2/c1-11(2)16(20)18-9-13-7-6-12(8-14(13)10-18)15(19)17(3,4)5/h6-8,11,15,19H,9-10H2,1-5H3. The average molecular weight is 275 g/mol. The second-order valence-electron chi connectivity index (χ2n) is 7.15. The number of aliphatic hydroxyl groups is 1. The van der Waals surface area contributed by atoms with Crippen LogP contribution in [0, 0.1) is 11.3 Å². The molecule has 2 rings (SSSR count). The van der Waals surface area contributed by atoms with Gasteiger partial charge in [0.05, 0.1) is 6.10 Å². The van der Waals surface area contributed by atoms with Crippen LogP contribution in [0.4, 0.5) is 0 Å². The van der Waals surface area contributed by atoms with Gasteiger partial charge in [-0.3, -0.25) is 4.79 Å². The van der Waals surface area contributed by atoms with Crippen LogP contribution in [0.2, 0.25) is 0 Å². The van der Waals surface area contributed by atoms with Gasteiger partial charge in [0.2, 0.25) is 5.91 Å². The Bertz CT molecular complexity index is 514. The lowest BCUT2D eigenvalue weighted by molar-refractivity contribution is -0.135. The summed E-state index contributed by atoms with van der Waals surface area (Å²) in [5.41, 5.74) is 3.12. The summed E-state index contributed by atoms with van der Waals surface area (Å²) in [6.07, 6.45) is -0.484. The summed E-state index contributed by atoms with van der Waals surface area (Å²) >= 11 is 0. The summed E-state index contributed by atoms with van der Waals surface area (Å²) in [5, 5.41) is 10.4. The Kier molecular flexibility index (Phi) is 3.92. The van der Waals surface area contributed by atoms with E-state index in [1.54, 1.807) is 0 Å². The van der Waals surface area contributed by atoms with Gasteiger partial charge in [0.25, 0.3) is 0 Å². The SMILES string of the molecule is CC(C)C(=O)N1Cc2ccc(C(O)C(C)(C)C)cc2C1. The van der Waals surface area contributed by atoms with E-state index in [-0.39, 0.29) is 17.2 Å². The predicted molar refractivity (Wildman–Crippen MR) is 79.9 cm³/mol. The largest absolute Gasteiger partial charge is 0.388 e. The number of rotatable bonds is 2. The third-order valence-electron chi connectivity index (χ3n) is 3.89. The lowest BCUT2D eigenvalue weighted by Crippen LogP contribution is -2.29. The van der Waals surface area contributed by atoms with Crippen molar-refractivity contribution in [1.82, 2.24) is 4.90 Å². The molecule has 20 heavy (non-hydrogen) atoms. The van der Waals surface area contributed by atoms with E-state index in [1.807, 2.05) is 51.7 Å². The number of hydrogen-bond donors (Lipinski definition) is 1. The summed E-state index contributed by atoms with van der Waals surface area (Å²) < 4.78 is 0. The van der Waals surface area contributed by atoms with Gasteiger partial charge in [-0.25, -0.2) is 0 Å². The topological polar surface area (TPSA) is 40.5 Å². The molecule has 1 aliphatic heterocycles. The molecule has 0 saturated carbocycles. The maximum Gasteiger partial charge on any atom is 0.225 e. The van der Waals surface area contributed by atoms with Crippen LogP contribution in [0.3, 0.4) is 0 Å². The number of carbonyl (C=O) groups is 1. The van der Waals surface area contributed by atoms with Crippen LogP contribution in [0.5, 0.6) is 0 Å². The summed E-state index contributed by atoms with van der Waals surface area (Å²) in [7, 11) is 0. The van der Waals surface area contributed by atoms with Crippen molar-refractivity contribution in [2.24, 2.45) is 11.3 Å². The molecular formula is C17H25NO2. The van der Waals surface area contributed by atoms with Crippen molar-refractivity contribution in [1.29, 1.82) is 0 Å². The molecule has 0 spiro atoms. The molecule has 1 aromatic carbocycles. The Balaban J connectivity index is 2.21. The zero-order chi connectivity index (χ0) is 15.1. The first-order chi connectivity index (χ1) is 9.20. The van der Waals surface area contributed by atoms with Crippen LogP contribution < -0.4 is 0 Å². The van der Waals surface area contributed by atoms with Gasteiger partial charge >= 0.3 is 0 Å². The minimum atomic E-state index is -0.484. The van der Waals surface area contributed by atoms with Crippen molar-refractivity contribution >= 4 is 5.91 Å². The Morgan fingerprint density at radius 2 is 1.80 bits per heavy atom. The van der Waals surface area contributed by atoms with Crippen molar-refractivity contribution in [2.75, 3.05) is 0 Å². The van der Waals surface area contributed by atoms with Crippen molar-refractivity contribution in [3.05, 3.63) is 34.9 Å². The van der Waals surface area contributed by atoms with Crippen LogP contribution in [-0.4, -0.2) is 15.9 Å². The number of amides is 1. The molecule has 1 aromatic rings. The molecule has 0 saturated heterocycles. The van der Waals surface area contributed by atoms with Gasteiger partial charge in [0, 0.05) is 19.0 Å². The van der Waals surface area contributed by atoms with Crippen molar-refractivity contribution in [3.8, 4) is 0 Å². The lowest BCUT2D eigenvalue weighted by atomic mass is 9.84. The molecule has 1 atom stereocenters. The maximum absolute atomic E-state index is 12.1. The number of nitrogens with zero attached hydrogens (tertiary/aromatic N) is 1. The molecule has 3 heteroatoms. The smallest absolute Gasteiger partial charge is 0.225 e. The molecule has 0 aromatic heterocycles. The first kappa shape index (κ1) is 15.0. The van der Waals surface area contributed by atoms with Gasteiger partial charge in [-0.2, -0.15) is 0 Å². The fourth-order valence-corrected chi connectivity index (χ4v) is 2.61. The van der Waals surface area contributed by atoms with E-state index in [2.05, 4.69) is 6.07 Å². The summed E-state index contributed by atoms with van der Waals surface area (Å²) in [4.78, 5) is 14.0. The molecule has 1 heterocycles. The third kappa shape index (κ3) is 2.88. The maximum atomic E-state index is 12.1. The molecule has 0 fully saturated rings. The van der Waals surface area contributed by atoms with Crippen molar-refractivity contribution < 1.29 is 9.90 Å². The van der Waals surface area contributed by atoms with E-state index in [0.29, 0.717) is 13.1 Å². The van der Waals surface area contributed by atoms with Crippen LogP contribution in [0.25, 0.3) is 0 Å². The Hall–Kier alpha value is -1.35. The highest BCUT2D eigenvalue weighted by molar-refractivity contribution is 5.78. The van der Waals surface area contributed by atoms with E-state index in [1.165, 1.54) is 11.1 Å². The normalized spacial score (nSPS) is 16.4. The molecule has 0 bridgehead atoms. The zero-order valence-electron chi connectivity index (χ0n) is 13.1. The summed E-state index contributed by atoms with van der Waals surface area (Å²) in [5.74, 6) is 0.225. The monoisotopic (exact) mass is 275 g/mol. The Labute approximate surface area is 121 Å². The molecule has 1 unspecified atom stereocenters. The van der Waals surface area contributed by atoms with Crippen LogP contribution in [0.1, 0.15) is 57.4 Å². The van der Waals surface area contributed by atoms with E-state index >= 15 is 0 Å². The molecular weight excluding hydrogens is 250 g/mol. The van der Waals surface area contributed by atoms with Crippen LogP contribution in [0.15, 0.2) is 18.2 Å². The Morgan fingerprint density at radius 1 is 1.20 bits per heavy atom. The minimum Gasteiger partial charge on any atom is -0.388 e. The highest BCUT2D eigenvalue weighted by Gasteiger charge is 2.28. The fraction of sp³-hybridized carbons (Fsp3) is 0.588. The number of aliphatic hydroxyl groups excluding tert-OH is 1.